The number of likely N-dealkylation sites (tertiary alicyclic amines) is 1. The lowest BCUT2D eigenvalue weighted by atomic mass is 10.1. The van der Waals surface area contributed by atoms with Crippen molar-refractivity contribution in [3.05, 3.63) is 42.2 Å². The largest absolute Gasteiger partial charge is 0.369 e. The summed E-state index contributed by atoms with van der Waals surface area (Å²) in [5.74, 6) is 1.58. The summed E-state index contributed by atoms with van der Waals surface area (Å²) in [7, 11) is 1.83. The van der Waals surface area contributed by atoms with E-state index in [1.54, 1.807) is 0 Å². The summed E-state index contributed by atoms with van der Waals surface area (Å²) in [6.45, 7) is 8.16. The molecule has 0 aliphatic carbocycles. The van der Waals surface area contributed by atoms with Crippen LogP contribution in [0.1, 0.15) is 45.1 Å². The van der Waals surface area contributed by atoms with Gasteiger partial charge in [-0.1, -0.05) is 13.8 Å². The van der Waals surface area contributed by atoms with Crippen LogP contribution in [0, 0.1) is 0 Å². The normalized spacial score (nSPS) is 16.1. The fourth-order valence-corrected chi connectivity index (χ4v) is 4.64. The first-order valence-electron chi connectivity index (χ1n) is 12.5. The second-order valence-electron chi connectivity index (χ2n) is 8.93. The van der Waals surface area contributed by atoms with Gasteiger partial charge in [-0.05, 0) is 68.6 Å². The minimum absolute atomic E-state index is 0.129. The molecule has 1 aliphatic heterocycles. The van der Waals surface area contributed by atoms with E-state index in [4.69, 9.17) is 0 Å². The quantitative estimate of drug-likeness (QED) is 0.401. The zero-order valence-electron chi connectivity index (χ0n) is 20.6. The number of fused-ring (bicyclic) bond motifs is 1. The summed E-state index contributed by atoms with van der Waals surface area (Å²) < 4.78 is 2.09. The number of aromatic nitrogens is 3. The zero-order chi connectivity index (χ0) is 23.9. The highest BCUT2D eigenvalue weighted by Gasteiger charge is 2.23. The van der Waals surface area contributed by atoms with E-state index in [0.29, 0.717) is 18.4 Å². The van der Waals surface area contributed by atoms with Gasteiger partial charge in [-0.3, -0.25) is 9.69 Å². The molecule has 4 rings (SSSR count). The smallest absolute Gasteiger partial charge is 0.224 e. The number of likely N-dealkylation sites (N-methyl/N-ethyl adjacent to an activating group) is 1. The van der Waals surface area contributed by atoms with E-state index in [1.165, 1.54) is 12.8 Å². The summed E-state index contributed by atoms with van der Waals surface area (Å²) in [5, 5.41) is 10.6. The molecule has 1 atom stereocenters. The van der Waals surface area contributed by atoms with Gasteiger partial charge >= 0.3 is 0 Å². The van der Waals surface area contributed by atoms with E-state index in [2.05, 4.69) is 79.7 Å². The molecule has 8 heteroatoms. The van der Waals surface area contributed by atoms with Gasteiger partial charge in [0.25, 0.3) is 0 Å². The third kappa shape index (κ3) is 5.67. The molecular formula is C26H37N7O. The zero-order valence-corrected chi connectivity index (χ0v) is 20.6. The standard InChI is InChI=1S/C26H37N7O/c1-4-13-28-25-22-10-9-20(16-23(22)30-26(27-3)31-25)33-15-12-19(18-33)8-11-24(34)29-17-21-7-6-14-32(21)5-2/h9-10,12,15-16,18,21H,4-8,11,13-14,17H2,1-3H3,(H,29,34)(H2,27,28,30,31). The summed E-state index contributed by atoms with van der Waals surface area (Å²) in [5.41, 5.74) is 3.07. The molecule has 182 valence electrons. The van der Waals surface area contributed by atoms with Crippen molar-refractivity contribution in [2.24, 2.45) is 0 Å². The van der Waals surface area contributed by atoms with Crippen LogP contribution in [0.25, 0.3) is 16.6 Å². The Morgan fingerprint density at radius 1 is 1.21 bits per heavy atom. The topological polar surface area (TPSA) is 87.1 Å². The van der Waals surface area contributed by atoms with Gasteiger partial charge in [0.2, 0.25) is 11.9 Å². The van der Waals surface area contributed by atoms with Crippen molar-refractivity contribution in [2.45, 2.75) is 52.0 Å². The predicted molar refractivity (Wildman–Crippen MR) is 139 cm³/mol. The van der Waals surface area contributed by atoms with Crippen molar-refractivity contribution in [1.29, 1.82) is 0 Å². The second kappa shape index (κ2) is 11.3. The average molecular weight is 464 g/mol. The van der Waals surface area contributed by atoms with Gasteiger partial charge in [-0.15, -0.1) is 0 Å². The van der Waals surface area contributed by atoms with Gasteiger partial charge in [-0.25, -0.2) is 4.98 Å². The molecule has 1 unspecified atom stereocenters. The van der Waals surface area contributed by atoms with Crippen molar-refractivity contribution < 1.29 is 4.79 Å². The summed E-state index contributed by atoms with van der Waals surface area (Å²) in [6.07, 6.45) is 8.82. The Kier molecular flexibility index (Phi) is 8.00. The highest BCUT2D eigenvalue weighted by Crippen LogP contribution is 2.25. The summed E-state index contributed by atoms with van der Waals surface area (Å²) in [4.78, 5) is 24.1. The Morgan fingerprint density at radius 3 is 2.88 bits per heavy atom. The van der Waals surface area contributed by atoms with Crippen molar-refractivity contribution in [3.8, 4) is 5.69 Å². The molecule has 3 N–H and O–H groups in total. The SMILES string of the molecule is CCCNc1nc(NC)nc2cc(-n3ccc(CCC(=O)NCC4CCCN4CC)c3)ccc12. The average Bonchev–Trinajstić information content (AvgIpc) is 3.53. The number of anilines is 2. The highest BCUT2D eigenvalue weighted by atomic mass is 16.1. The van der Waals surface area contributed by atoms with Gasteiger partial charge in [-0.2, -0.15) is 4.98 Å². The van der Waals surface area contributed by atoms with Gasteiger partial charge < -0.3 is 20.5 Å². The van der Waals surface area contributed by atoms with Crippen LogP contribution in [0.15, 0.2) is 36.7 Å². The Labute approximate surface area is 202 Å². The van der Waals surface area contributed by atoms with Crippen LogP contribution in [0.2, 0.25) is 0 Å². The van der Waals surface area contributed by atoms with E-state index in [-0.39, 0.29) is 5.91 Å². The molecule has 1 aromatic carbocycles. The first kappa shape index (κ1) is 24.0. The number of nitrogens with one attached hydrogen (secondary N) is 3. The Bertz CT molecular complexity index is 1110. The third-order valence-corrected chi connectivity index (χ3v) is 6.58. The molecule has 3 aromatic rings. The van der Waals surface area contributed by atoms with Gasteiger partial charge in [0.05, 0.1) is 5.52 Å². The fourth-order valence-electron chi connectivity index (χ4n) is 4.64. The predicted octanol–water partition coefficient (Wildman–Crippen LogP) is 3.82. The number of hydrogen-bond donors (Lipinski definition) is 3. The molecule has 1 amide bonds. The molecule has 1 saturated heterocycles. The first-order valence-corrected chi connectivity index (χ1v) is 12.5. The molecule has 2 aromatic heterocycles. The van der Waals surface area contributed by atoms with Crippen LogP contribution in [0.5, 0.6) is 0 Å². The summed E-state index contributed by atoms with van der Waals surface area (Å²) >= 11 is 0. The molecule has 0 bridgehead atoms. The number of amides is 1. The number of carbonyl (C=O) groups excluding carboxylic acids is 1. The second-order valence-corrected chi connectivity index (χ2v) is 8.93. The molecular weight excluding hydrogens is 426 g/mol. The van der Waals surface area contributed by atoms with Crippen molar-refractivity contribution in [3.63, 3.8) is 0 Å². The molecule has 0 spiro atoms. The molecule has 0 radical (unpaired) electrons. The van der Waals surface area contributed by atoms with Crippen LogP contribution in [0.3, 0.4) is 0 Å². The molecule has 3 heterocycles. The van der Waals surface area contributed by atoms with Crippen molar-refractivity contribution in [2.75, 3.05) is 43.9 Å². The van der Waals surface area contributed by atoms with E-state index >= 15 is 0 Å². The minimum atomic E-state index is 0.129. The lowest BCUT2D eigenvalue weighted by Crippen LogP contribution is -2.40. The third-order valence-electron chi connectivity index (χ3n) is 6.58. The van der Waals surface area contributed by atoms with E-state index < -0.39 is 0 Å². The van der Waals surface area contributed by atoms with Crippen molar-refractivity contribution >= 4 is 28.6 Å². The number of benzene rings is 1. The van der Waals surface area contributed by atoms with Crippen LogP contribution < -0.4 is 16.0 Å². The van der Waals surface area contributed by atoms with Crippen LogP contribution in [-0.2, 0) is 11.2 Å². The number of nitrogens with zero attached hydrogens (tertiary/aromatic N) is 4. The van der Waals surface area contributed by atoms with Crippen LogP contribution in [0.4, 0.5) is 11.8 Å². The van der Waals surface area contributed by atoms with Crippen molar-refractivity contribution in [1.82, 2.24) is 24.8 Å². The van der Waals surface area contributed by atoms with E-state index in [1.807, 2.05) is 13.2 Å². The molecule has 1 fully saturated rings. The minimum Gasteiger partial charge on any atom is -0.369 e. The van der Waals surface area contributed by atoms with Gasteiger partial charge in [0.15, 0.2) is 0 Å². The number of aryl methyl sites for hydroxylation is 1. The Morgan fingerprint density at radius 2 is 2.09 bits per heavy atom. The maximum Gasteiger partial charge on any atom is 0.224 e. The Balaban J connectivity index is 1.39. The lowest BCUT2D eigenvalue weighted by molar-refractivity contribution is -0.121. The van der Waals surface area contributed by atoms with Gasteiger partial charge in [0, 0.05) is 56.1 Å². The maximum atomic E-state index is 12.4. The van der Waals surface area contributed by atoms with E-state index in [9.17, 15) is 4.79 Å². The lowest BCUT2D eigenvalue weighted by Gasteiger charge is -2.22. The van der Waals surface area contributed by atoms with E-state index in [0.717, 1.165) is 67.0 Å². The first-order chi connectivity index (χ1) is 16.6. The number of carbonyl (C=O) groups is 1. The maximum absolute atomic E-state index is 12.4. The van der Waals surface area contributed by atoms with Gasteiger partial charge in [0.1, 0.15) is 5.82 Å². The Hall–Kier alpha value is -3.13. The summed E-state index contributed by atoms with van der Waals surface area (Å²) in [6, 6.07) is 8.80. The number of rotatable bonds is 11. The van der Waals surface area contributed by atoms with Crippen LogP contribution >= 0.6 is 0 Å². The molecule has 0 saturated carbocycles. The molecule has 8 nitrogen and oxygen atoms in total. The van der Waals surface area contributed by atoms with Crippen LogP contribution in [-0.4, -0.2) is 64.6 Å². The fraction of sp³-hybridized carbons (Fsp3) is 0.500. The highest BCUT2D eigenvalue weighted by molar-refractivity contribution is 5.91. The molecule has 1 aliphatic rings. The number of hydrogen-bond acceptors (Lipinski definition) is 6. The monoisotopic (exact) mass is 463 g/mol. The molecule has 34 heavy (non-hydrogen) atoms.